The Morgan fingerprint density at radius 3 is 1.47 bits per heavy atom. The van der Waals surface area contributed by atoms with E-state index in [1.54, 1.807) is 0 Å². The summed E-state index contributed by atoms with van der Waals surface area (Å²) >= 11 is 2.89. The predicted molar refractivity (Wildman–Crippen MR) is 146 cm³/mol. The topological polar surface area (TPSA) is 52.6 Å². The Morgan fingerprint density at radius 2 is 1.15 bits per heavy atom. The van der Waals surface area contributed by atoms with Gasteiger partial charge >= 0.3 is 0 Å². The standard InChI is InChI=1S/C28H38O4S2/c1-5-9-11-19(7-3)17-31-25-23-13-21(15-29)34-28(23)26(24-14-22(16-30)33-27(24)25)32-18-20(8-4)12-10-6-2/h13-16,19-20H,5-12,17-18H2,1-4H3. The van der Waals surface area contributed by atoms with E-state index in [0.717, 1.165) is 69.9 Å². The summed E-state index contributed by atoms with van der Waals surface area (Å²) in [4.78, 5) is 24.7. The van der Waals surface area contributed by atoms with Crippen molar-refractivity contribution in [2.75, 3.05) is 13.2 Å². The van der Waals surface area contributed by atoms with Crippen LogP contribution in [-0.4, -0.2) is 25.8 Å². The number of aldehydes is 2. The lowest BCUT2D eigenvalue weighted by molar-refractivity contribution is 0.111. The highest BCUT2D eigenvalue weighted by molar-refractivity contribution is 7.23. The SMILES string of the molecule is CCCCC(CC)COc1c2cc(C=O)sc2c(OCC(CC)CCCC)c2cc(C=O)sc12. The molecular weight excluding hydrogens is 464 g/mol. The van der Waals surface area contributed by atoms with Gasteiger partial charge in [0.1, 0.15) is 11.5 Å². The lowest BCUT2D eigenvalue weighted by atomic mass is 10.0. The number of hydrogen-bond donors (Lipinski definition) is 0. The highest BCUT2D eigenvalue weighted by Gasteiger charge is 2.23. The van der Waals surface area contributed by atoms with Crippen molar-refractivity contribution in [2.45, 2.75) is 79.1 Å². The molecule has 0 bridgehead atoms. The van der Waals surface area contributed by atoms with Gasteiger partial charge in [-0.3, -0.25) is 9.59 Å². The summed E-state index contributed by atoms with van der Waals surface area (Å²) in [7, 11) is 0. The van der Waals surface area contributed by atoms with Gasteiger partial charge in [-0.2, -0.15) is 0 Å². The van der Waals surface area contributed by atoms with E-state index in [1.807, 2.05) is 12.1 Å². The van der Waals surface area contributed by atoms with Crippen LogP contribution in [0.5, 0.6) is 11.5 Å². The van der Waals surface area contributed by atoms with E-state index in [4.69, 9.17) is 9.47 Å². The average Bonchev–Trinajstić information content (AvgIpc) is 3.49. The van der Waals surface area contributed by atoms with Crippen molar-refractivity contribution in [1.29, 1.82) is 0 Å². The van der Waals surface area contributed by atoms with Gasteiger partial charge in [0.25, 0.3) is 0 Å². The third kappa shape index (κ3) is 6.19. The maximum Gasteiger partial charge on any atom is 0.160 e. The Bertz CT molecular complexity index is 943. The molecule has 0 N–H and O–H groups in total. The minimum absolute atomic E-state index is 0.486. The van der Waals surface area contributed by atoms with Crippen molar-refractivity contribution in [2.24, 2.45) is 11.8 Å². The van der Waals surface area contributed by atoms with Crippen LogP contribution in [0.1, 0.15) is 98.4 Å². The van der Waals surface area contributed by atoms with E-state index in [9.17, 15) is 9.59 Å². The Kier molecular flexibility index (Phi) is 10.4. The fourth-order valence-electron chi connectivity index (χ4n) is 4.34. The van der Waals surface area contributed by atoms with Gasteiger partial charge in [-0.25, -0.2) is 0 Å². The number of fused-ring (bicyclic) bond motifs is 2. The number of carbonyl (C=O) groups excluding carboxylic acids is 2. The summed E-state index contributed by atoms with van der Waals surface area (Å²) in [5.41, 5.74) is 0. The van der Waals surface area contributed by atoms with Crippen LogP contribution < -0.4 is 9.47 Å². The fourth-order valence-corrected chi connectivity index (χ4v) is 6.31. The molecule has 0 aliphatic carbocycles. The number of rotatable bonds is 16. The lowest BCUT2D eigenvalue weighted by Crippen LogP contribution is -2.12. The van der Waals surface area contributed by atoms with Gasteiger partial charge in [0.2, 0.25) is 0 Å². The monoisotopic (exact) mass is 502 g/mol. The molecule has 4 nitrogen and oxygen atoms in total. The molecule has 0 saturated heterocycles. The molecule has 0 amide bonds. The summed E-state index contributed by atoms with van der Waals surface area (Å²) < 4.78 is 14.8. The molecule has 0 saturated carbocycles. The normalized spacial score (nSPS) is 13.3. The van der Waals surface area contributed by atoms with Crippen LogP contribution in [0.4, 0.5) is 0 Å². The average molecular weight is 503 g/mol. The molecule has 3 aromatic rings. The third-order valence-corrected chi connectivity index (χ3v) is 8.77. The summed E-state index contributed by atoms with van der Waals surface area (Å²) in [6.45, 7) is 10.1. The number of benzene rings is 1. The summed E-state index contributed by atoms with van der Waals surface area (Å²) in [6.07, 6.45) is 11.0. The van der Waals surface area contributed by atoms with Crippen LogP contribution in [0, 0.1) is 11.8 Å². The molecular formula is C28H38O4S2. The second-order valence-electron chi connectivity index (χ2n) is 9.13. The predicted octanol–water partition coefficient (Wildman–Crippen LogP) is 8.93. The van der Waals surface area contributed by atoms with Crippen molar-refractivity contribution in [3.8, 4) is 11.5 Å². The molecule has 34 heavy (non-hydrogen) atoms. The molecule has 0 aliphatic heterocycles. The van der Waals surface area contributed by atoms with E-state index < -0.39 is 0 Å². The van der Waals surface area contributed by atoms with Gasteiger partial charge in [0.05, 0.1) is 32.4 Å². The Balaban J connectivity index is 2.05. The van der Waals surface area contributed by atoms with Gasteiger partial charge in [0.15, 0.2) is 12.6 Å². The molecule has 2 heterocycles. The molecule has 2 unspecified atom stereocenters. The molecule has 0 fully saturated rings. The van der Waals surface area contributed by atoms with Gasteiger partial charge in [0, 0.05) is 10.8 Å². The molecule has 0 aliphatic rings. The third-order valence-electron chi connectivity index (χ3n) is 6.65. The van der Waals surface area contributed by atoms with Crippen LogP contribution in [0.3, 0.4) is 0 Å². The smallest absolute Gasteiger partial charge is 0.160 e. The Hall–Kier alpha value is -1.92. The molecule has 3 rings (SSSR count). The number of unbranched alkanes of at least 4 members (excludes halogenated alkanes) is 2. The lowest BCUT2D eigenvalue weighted by Gasteiger charge is -2.19. The van der Waals surface area contributed by atoms with Crippen LogP contribution in [-0.2, 0) is 0 Å². The van der Waals surface area contributed by atoms with E-state index in [1.165, 1.54) is 48.4 Å². The van der Waals surface area contributed by atoms with Crippen molar-refractivity contribution >= 4 is 55.4 Å². The second kappa shape index (κ2) is 13.2. The highest BCUT2D eigenvalue weighted by Crippen LogP contribution is 2.49. The first-order chi connectivity index (χ1) is 16.6. The fraction of sp³-hybridized carbons (Fsp3) is 0.571. The van der Waals surface area contributed by atoms with Crippen molar-refractivity contribution in [1.82, 2.24) is 0 Å². The van der Waals surface area contributed by atoms with Gasteiger partial charge in [-0.15, -0.1) is 22.7 Å². The van der Waals surface area contributed by atoms with Gasteiger partial charge in [-0.05, 0) is 36.8 Å². The zero-order valence-electron chi connectivity index (χ0n) is 21.0. The van der Waals surface area contributed by atoms with Crippen LogP contribution in [0.2, 0.25) is 0 Å². The first-order valence-electron chi connectivity index (χ1n) is 12.8. The van der Waals surface area contributed by atoms with E-state index in [-0.39, 0.29) is 0 Å². The van der Waals surface area contributed by atoms with Crippen molar-refractivity contribution < 1.29 is 19.1 Å². The summed E-state index contributed by atoms with van der Waals surface area (Å²) in [5, 5.41) is 1.83. The quantitative estimate of drug-likeness (QED) is 0.183. The highest BCUT2D eigenvalue weighted by atomic mass is 32.1. The number of thiophene rings is 2. The molecule has 186 valence electrons. The zero-order valence-corrected chi connectivity index (χ0v) is 22.6. The van der Waals surface area contributed by atoms with Gasteiger partial charge < -0.3 is 9.47 Å². The summed E-state index contributed by atoms with van der Waals surface area (Å²) in [6, 6.07) is 3.83. The Morgan fingerprint density at radius 1 is 0.735 bits per heavy atom. The van der Waals surface area contributed by atoms with Crippen molar-refractivity contribution in [3.63, 3.8) is 0 Å². The van der Waals surface area contributed by atoms with Crippen LogP contribution >= 0.6 is 22.7 Å². The van der Waals surface area contributed by atoms with Gasteiger partial charge in [-0.1, -0.05) is 66.2 Å². The molecule has 6 heteroatoms. The minimum atomic E-state index is 0.486. The van der Waals surface area contributed by atoms with E-state index >= 15 is 0 Å². The zero-order chi connectivity index (χ0) is 24.5. The summed E-state index contributed by atoms with van der Waals surface area (Å²) in [5.74, 6) is 2.54. The first-order valence-corrected chi connectivity index (χ1v) is 14.4. The largest absolute Gasteiger partial charge is 0.491 e. The van der Waals surface area contributed by atoms with Crippen LogP contribution in [0.15, 0.2) is 12.1 Å². The first kappa shape index (κ1) is 26.7. The maximum absolute atomic E-state index is 11.7. The minimum Gasteiger partial charge on any atom is -0.491 e. The van der Waals surface area contributed by atoms with Crippen LogP contribution in [0.25, 0.3) is 20.2 Å². The Labute approximate surface area is 211 Å². The van der Waals surface area contributed by atoms with E-state index in [2.05, 4.69) is 27.7 Å². The van der Waals surface area contributed by atoms with E-state index in [0.29, 0.717) is 34.8 Å². The molecule has 0 radical (unpaired) electrons. The number of hydrogen-bond acceptors (Lipinski definition) is 6. The second-order valence-corrected chi connectivity index (χ2v) is 11.3. The maximum atomic E-state index is 11.7. The molecule has 0 spiro atoms. The van der Waals surface area contributed by atoms with Crippen molar-refractivity contribution in [3.05, 3.63) is 21.9 Å². The number of ether oxygens (including phenoxy) is 2. The number of carbonyl (C=O) groups is 2. The molecule has 1 aromatic carbocycles. The molecule has 2 atom stereocenters. The molecule has 2 aromatic heterocycles.